The number of hydrogen-bond acceptors (Lipinski definition) is 2. The molecule has 0 saturated carbocycles. The Kier molecular flexibility index (Phi) is 3.12. The summed E-state index contributed by atoms with van der Waals surface area (Å²) in [5, 5.41) is 2.65. The Morgan fingerprint density at radius 2 is 2.58 bits per heavy atom. The number of hydrogen-bond donors (Lipinski definition) is 1. The monoisotopic (exact) mass is 166 g/mol. The van der Waals surface area contributed by atoms with E-state index in [4.69, 9.17) is 6.42 Å². The number of terminal acetylenes is 1. The van der Waals surface area contributed by atoms with Crippen LogP contribution in [0.25, 0.3) is 0 Å². The van der Waals surface area contributed by atoms with Crippen LogP contribution in [0.15, 0.2) is 0 Å². The van der Waals surface area contributed by atoms with Crippen LogP contribution in [0.1, 0.15) is 12.8 Å². The molecule has 1 N–H and O–H groups in total. The maximum Gasteiger partial charge on any atom is 0.237 e. The minimum Gasteiger partial charge on any atom is -0.358 e. The standard InChI is InChI=1S/C9H14N2O/c1-3-6-11-7-4-5-8(11)9(12)10-2/h1,8H,4-7H2,2H3,(H,10,12). The maximum absolute atomic E-state index is 11.3. The van der Waals surface area contributed by atoms with Crippen molar-refractivity contribution in [3.05, 3.63) is 0 Å². The third-order valence-electron chi connectivity index (χ3n) is 2.21. The zero-order valence-corrected chi connectivity index (χ0v) is 7.34. The third kappa shape index (κ3) is 1.77. The lowest BCUT2D eigenvalue weighted by atomic mass is 10.2. The predicted molar refractivity (Wildman–Crippen MR) is 47.5 cm³/mol. The molecule has 0 spiro atoms. The fourth-order valence-electron chi connectivity index (χ4n) is 1.60. The van der Waals surface area contributed by atoms with Gasteiger partial charge in [-0.1, -0.05) is 5.92 Å². The number of amides is 1. The molecule has 1 fully saturated rings. The van der Waals surface area contributed by atoms with Crippen molar-refractivity contribution in [1.82, 2.24) is 10.2 Å². The molecule has 0 radical (unpaired) electrons. The van der Waals surface area contributed by atoms with E-state index in [0.29, 0.717) is 6.54 Å². The number of nitrogens with one attached hydrogen (secondary N) is 1. The maximum atomic E-state index is 11.3. The first kappa shape index (κ1) is 9.08. The molecule has 1 amide bonds. The summed E-state index contributed by atoms with van der Waals surface area (Å²) in [7, 11) is 1.66. The molecule has 1 atom stereocenters. The summed E-state index contributed by atoms with van der Waals surface area (Å²) < 4.78 is 0. The molecule has 0 aromatic heterocycles. The van der Waals surface area contributed by atoms with Gasteiger partial charge in [0.05, 0.1) is 12.6 Å². The Balaban J connectivity index is 2.52. The average Bonchev–Trinajstić information content (AvgIpc) is 2.52. The van der Waals surface area contributed by atoms with Crippen LogP contribution >= 0.6 is 0 Å². The Morgan fingerprint density at radius 1 is 1.83 bits per heavy atom. The summed E-state index contributed by atoms with van der Waals surface area (Å²) >= 11 is 0. The van der Waals surface area contributed by atoms with E-state index in [2.05, 4.69) is 11.2 Å². The molecule has 66 valence electrons. The average molecular weight is 166 g/mol. The predicted octanol–water partition coefficient (Wildman–Crippen LogP) is -0.170. The third-order valence-corrected chi connectivity index (χ3v) is 2.21. The number of carbonyl (C=O) groups is 1. The summed E-state index contributed by atoms with van der Waals surface area (Å²) in [6.07, 6.45) is 7.19. The van der Waals surface area contributed by atoms with E-state index < -0.39 is 0 Å². The van der Waals surface area contributed by atoms with Crippen molar-refractivity contribution in [2.24, 2.45) is 0 Å². The van der Waals surface area contributed by atoms with Crippen LogP contribution in [0.4, 0.5) is 0 Å². The highest BCUT2D eigenvalue weighted by Gasteiger charge is 2.28. The fraction of sp³-hybridized carbons (Fsp3) is 0.667. The Labute approximate surface area is 73.1 Å². The number of likely N-dealkylation sites (tertiary alicyclic amines) is 1. The van der Waals surface area contributed by atoms with E-state index in [9.17, 15) is 4.79 Å². The minimum absolute atomic E-state index is 0.00560. The van der Waals surface area contributed by atoms with Crippen molar-refractivity contribution in [2.45, 2.75) is 18.9 Å². The van der Waals surface area contributed by atoms with Gasteiger partial charge in [-0.25, -0.2) is 0 Å². The van der Waals surface area contributed by atoms with Crippen LogP contribution < -0.4 is 5.32 Å². The number of rotatable bonds is 2. The second kappa shape index (κ2) is 4.13. The highest BCUT2D eigenvalue weighted by atomic mass is 16.2. The normalized spacial score (nSPS) is 23.5. The largest absolute Gasteiger partial charge is 0.358 e. The van der Waals surface area contributed by atoms with Crippen LogP contribution in [0.2, 0.25) is 0 Å². The van der Waals surface area contributed by atoms with Gasteiger partial charge < -0.3 is 5.32 Å². The van der Waals surface area contributed by atoms with Gasteiger partial charge in [-0.15, -0.1) is 6.42 Å². The second-order valence-electron chi connectivity index (χ2n) is 2.95. The van der Waals surface area contributed by atoms with Crippen LogP contribution in [0.5, 0.6) is 0 Å². The summed E-state index contributed by atoms with van der Waals surface area (Å²) in [4.78, 5) is 13.3. The van der Waals surface area contributed by atoms with Gasteiger partial charge in [0.25, 0.3) is 0 Å². The molecule has 1 saturated heterocycles. The number of carbonyl (C=O) groups excluding carboxylic acids is 1. The van der Waals surface area contributed by atoms with Crippen molar-refractivity contribution >= 4 is 5.91 Å². The molecule has 1 rings (SSSR count). The molecule has 3 nitrogen and oxygen atoms in total. The van der Waals surface area contributed by atoms with Gasteiger partial charge in [-0.05, 0) is 19.4 Å². The summed E-state index contributed by atoms with van der Waals surface area (Å²) in [6.45, 7) is 1.53. The van der Waals surface area contributed by atoms with E-state index in [1.165, 1.54) is 0 Å². The lowest BCUT2D eigenvalue weighted by Gasteiger charge is -2.19. The van der Waals surface area contributed by atoms with Crippen LogP contribution in [-0.4, -0.2) is 37.0 Å². The molecule has 1 aliphatic rings. The van der Waals surface area contributed by atoms with Gasteiger partial charge in [0.2, 0.25) is 5.91 Å². The minimum atomic E-state index is 0.00560. The fourth-order valence-corrected chi connectivity index (χ4v) is 1.60. The van der Waals surface area contributed by atoms with Crippen molar-refractivity contribution in [3.8, 4) is 12.3 Å². The van der Waals surface area contributed by atoms with Gasteiger partial charge in [0, 0.05) is 7.05 Å². The van der Waals surface area contributed by atoms with E-state index in [1.807, 2.05) is 4.90 Å². The van der Waals surface area contributed by atoms with E-state index in [-0.39, 0.29) is 11.9 Å². The van der Waals surface area contributed by atoms with Gasteiger partial charge in [0.1, 0.15) is 0 Å². The first-order chi connectivity index (χ1) is 5.79. The second-order valence-corrected chi connectivity index (χ2v) is 2.95. The summed E-state index contributed by atoms with van der Waals surface area (Å²) in [5.41, 5.74) is 0. The molecule has 12 heavy (non-hydrogen) atoms. The zero-order valence-electron chi connectivity index (χ0n) is 7.34. The molecule has 0 aromatic rings. The molecule has 0 aliphatic carbocycles. The van der Waals surface area contributed by atoms with E-state index in [1.54, 1.807) is 7.05 Å². The summed E-state index contributed by atoms with van der Waals surface area (Å²) in [5.74, 6) is 2.65. The van der Waals surface area contributed by atoms with Gasteiger partial charge in [-0.2, -0.15) is 0 Å². The molecule has 1 unspecified atom stereocenters. The smallest absolute Gasteiger partial charge is 0.237 e. The quantitative estimate of drug-likeness (QED) is 0.578. The SMILES string of the molecule is C#CCN1CCCC1C(=O)NC. The van der Waals surface area contributed by atoms with Crippen LogP contribution in [0.3, 0.4) is 0 Å². The molecular formula is C9H14N2O. The van der Waals surface area contributed by atoms with Gasteiger partial charge in [0.15, 0.2) is 0 Å². The van der Waals surface area contributed by atoms with Crippen molar-refractivity contribution in [3.63, 3.8) is 0 Å². The molecule has 0 aromatic carbocycles. The van der Waals surface area contributed by atoms with Gasteiger partial charge in [-0.3, -0.25) is 9.69 Å². The molecule has 1 heterocycles. The highest BCUT2D eigenvalue weighted by molar-refractivity contribution is 5.81. The molecular weight excluding hydrogens is 152 g/mol. The van der Waals surface area contributed by atoms with Crippen molar-refractivity contribution < 1.29 is 4.79 Å². The van der Waals surface area contributed by atoms with Crippen LogP contribution in [-0.2, 0) is 4.79 Å². The Hall–Kier alpha value is -1.01. The van der Waals surface area contributed by atoms with Crippen LogP contribution in [0, 0.1) is 12.3 Å². The lowest BCUT2D eigenvalue weighted by Crippen LogP contribution is -2.41. The topological polar surface area (TPSA) is 32.3 Å². The molecule has 0 bridgehead atoms. The van der Waals surface area contributed by atoms with Gasteiger partial charge >= 0.3 is 0 Å². The highest BCUT2D eigenvalue weighted by Crippen LogP contribution is 2.15. The number of likely N-dealkylation sites (N-methyl/N-ethyl adjacent to an activating group) is 1. The number of nitrogens with zero attached hydrogens (tertiary/aromatic N) is 1. The molecule has 3 heteroatoms. The Bertz CT molecular complexity index is 207. The van der Waals surface area contributed by atoms with E-state index in [0.717, 1.165) is 19.4 Å². The first-order valence-corrected chi connectivity index (χ1v) is 4.18. The van der Waals surface area contributed by atoms with E-state index >= 15 is 0 Å². The summed E-state index contributed by atoms with van der Waals surface area (Å²) in [6, 6.07) is 0.00560. The first-order valence-electron chi connectivity index (χ1n) is 4.18. The zero-order chi connectivity index (χ0) is 8.97. The lowest BCUT2D eigenvalue weighted by molar-refractivity contribution is -0.124. The Morgan fingerprint density at radius 3 is 3.17 bits per heavy atom. The molecule has 1 aliphatic heterocycles. The van der Waals surface area contributed by atoms with Crippen molar-refractivity contribution in [1.29, 1.82) is 0 Å². The van der Waals surface area contributed by atoms with Crippen molar-refractivity contribution in [2.75, 3.05) is 20.1 Å².